The molecule has 1 aliphatic rings. The average molecular weight is 563 g/mol. The molecule has 0 aliphatic carbocycles. The summed E-state index contributed by atoms with van der Waals surface area (Å²) in [6.07, 6.45) is 1.72. The van der Waals surface area contributed by atoms with Crippen LogP contribution in [0.15, 0.2) is 50.8 Å². The molecule has 11 heteroatoms. The zero-order valence-electron chi connectivity index (χ0n) is 19.5. The molecule has 184 valence electrons. The highest BCUT2D eigenvalue weighted by atomic mass is 79.9. The number of amides is 1. The van der Waals surface area contributed by atoms with Gasteiger partial charge in [0.25, 0.3) is 5.91 Å². The van der Waals surface area contributed by atoms with Gasteiger partial charge in [-0.05, 0) is 76.6 Å². The van der Waals surface area contributed by atoms with Gasteiger partial charge >= 0.3 is 11.9 Å². The summed E-state index contributed by atoms with van der Waals surface area (Å²) >= 11 is 4.65. The first-order valence-electron chi connectivity index (χ1n) is 10.4. The number of carbonyl (C=O) groups excluding carboxylic acids is 3. The first-order chi connectivity index (χ1) is 16.8. The van der Waals surface area contributed by atoms with Crippen LogP contribution in [-0.4, -0.2) is 62.4 Å². The van der Waals surface area contributed by atoms with Crippen LogP contribution in [-0.2, 0) is 19.1 Å². The van der Waals surface area contributed by atoms with Crippen molar-refractivity contribution < 1.29 is 33.3 Å². The van der Waals surface area contributed by atoms with Gasteiger partial charge in [-0.25, -0.2) is 14.6 Å². The van der Waals surface area contributed by atoms with Crippen molar-refractivity contribution in [3.8, 4) is 11.5 Å². The Kier molecular flexibility index (Phi) is 8.94. The summed E-state index contributed by atoms with van der Waals surface area (Å²) in [6, 6.07) is 10.1. The van der Waals surface area contributed by atoms with Gasteiger partial charge in [-0.3, -0.25) is 9.69 Å². The molecule has 2 aromatic rings. The van der Waals surface area contributed by atoms with Crippen molar-refractivity contribution in [3.63, 3.8) is 0 Å². The lowest BCUT2D eigenvalue weighted by Gasteiger charge is -2.14. The molecule has 2 aromatic carbocycles. The Morgan fingerprint density at radius 1 is 1.14 bits per heavy atom. The number of amidine groups is 1. The molecule has 0 aromatic heterocycles. The molecular weight excluding hydrogens is 540 g/mol. The Bertz CT molecular complexity index is 1210. The normalized spacial score (nSPS) is 15.5. The molecule has 1 saturated heterocycles. The monoisotopic (exact) mass is 562 g/mol. The summed E-state index contributed by atoms with van der Waals surface area (Å²) in [4.78, 5) is 42.5. The van der Waals surface area contributed by atoms with E-state index in [1.165, 1.54) is 30.9 Å². The van der Waals surface area contributed by atoms with Gasteiger partial charge in [0.05, 0.1) is 41.5 Å². The minimum absolute atomic E-state index is 0.224. The zero-order valence-corrected chi connectivity index (χ0v) is 21.9. The van der Waals surface area contributed by atoms with Crippen LogP contribution in [0.2, 0.25) is 0 Å². The molecule has 0 saturated carbocycles. The standard InChI is InChI=1S/C24H23BrN2O7S/c1-5-33-18-10-14(9-17(25)21(18)34-13-20(28)31-3)11-19-22(29)27(2)24(35-19)26-16-8-6-7-15(12-16)23(30)32-4/h6-12H,5,13H2,1-4H3. The van der Waals surface area contributed by atoms with E-state index in [-0.39, 0.29) is 12.5 Å². The molecule has 35 heavy (non-hydrogen) atoms. The fourth-order valence-corrected chi connectivity index (χ4v) is 4.56. The number of nitrogens with zero attached hydrogens (tertiary/aromatic N) is 2. The van der Waals surface area contributed by atoms with Crippen LogP contribution >= 0.6 is 27.7 Å². The maximum absolute atomic E-state index is 12.9. The predicted octanol–water partition coefficient (Wildman–Crippen LogP) is 4.42. The maximum atomic E-state index is 12.9. The highest BCUT2D eigenvalue weighted by molar-refractivity contribution is 9.10. The van der Waals surface area contributed by atoms with Gasteiger partial charge in [-0.2, -0.15) is 0 Å². The summed E-state index contributed by atoms with van der Waals surface area (Å²) < 4.78 is 21.1. The van der Waals surface area contributed by atoms with Crippen LogP contribution in [0.4, 0.5) is 5.69 Å². The SMILES string of the molecule is CCOc1cc(C=C2SC(=Nc3cccc(C(=O)OC)c3)N(C)C2=O)cc(Br)c1OCC(=O)OC. The Hall–Kier alpha value is -3.31. The van der Waals surface area contributed by atoms with Gasteiger partial charge in [0.1, 0.15) is 0 Å². The molecule has 0 N–H and O–H groups in total. The van der Waals surface area contributed by atoms with E-state index >= 15 is 0 Å². The number of thioether (sulfide) groups is 1. The Morgan fingerprint density at radius 3 is 2.60 bits per heavy atom. The lowest BCUT2D eigenvalue weighted by molar-refractivity contribution is -0.143. The second-order valence-electron chi connectivity index (χ2n) is 7.04. The molecule has 0 radical (unpaired) electrons. The summed E-state index contributed by atoms with van der Waals surface area (Å²) in [6.45, 7) is 1.93. The summed E-state index contributed by atoms with van der Waals surface area (Å²) in [5.41, 5.74) is 1.57. The third-order valence-corrected chi connectivity index (χ3v) is 6.34. The van der Waals surface area contributed by atoms with Gasteiger partial charge in [-0.1, -0.05) is 6.07 Å². The summed E-state index contributed by atoms with van der Waals surface area (Å²) in [7, 11) is 4.22. The fraction of sp³-hybridized carbons (Fsp3) is 0.250. The molecule has 1 fully saturated rings. The van der Waals surface area contributed by atoms with Gasteiger partial charge in [-0.15, -0.1) is 0 Å². The number of rotatable bonds is 8. The van der Waals surface area contributed by atoms with Crippen molar-refractivity contribution in [3.05, 3.63) is 56.9 Å². The van der Waals surface area contributed by atoms with Crippen molar-refractivity contribution >= 4 is 62.5 Å². The van der Waals surface area contributed by atoms with Crippen LogP contribution in [0.1, 0.15) is 22.8 Å². The smallest absolute Gasteiger partial charge is 0.343 e. The molecule has 1 aliphatic heterocycles. The Balaban J connectivity index is 1.89. The van der Waals surface area contributed by atoms with Gasteiger partial charge < -0.3 is 18.9 Å². The summed E-state index contributed by atoms with van der Waals surface area (Å²) in [5.74, 6) is -0.445. The second kappa shape index (κ2) is 11.9. The predicted molar refractivity (Wildman–Crippen MR) is 136 cm³/mol. The van der Waals surface area contributed by atoms with E-state index in [2.05, 4.69) is 25.7 Å². The Morgan fingerprint density at radius 2 is 1.91 bits per heavy atom. The van der Waals surface area contributed by atoms with Crippen LogP contribution in [0.3, 0.4) is 0 Å². The van der Waals surface area contributed by atoms with E-state index in [9.17, 15) is 14.4 Å². The fourth-order valence-electron chi connectivity index (χ4n) is 3.00. The third kappa shape index (κ3) is 6.43. The highest BCUT2D eigenvalue weighted by Crippen LogP contribution is 2.39. The average Bonchev–Trinajstić information content (AvgIpc) is 3.10. The lowest BCUT2D eigenvalue weighted by atomic mass is 10.2. The minimum Gasteiger partial charge on any atom is -0.490 e. The second-order valence-corrected chi connectivity index (χ2v) is 8.90. The van der Waals surface area contributed by atoms with E-state index in [4.69, 9.17) is 14.2 Å². The molecule has 3 rings (SSSR count). The maximum Gasteiger partial charge on any atom is 0.343 e. The number of hydrogen-bond donors (Lipinski definition) is 0. The number of aliphatic imine (C=N–C) groups is 1. The zero-order chi connectivity index (χ0) is 25.5. The van der Waals surface area contributed by atoms with E-state index in [0.717, 1.165) is 0 Å². The number of ether oxygens (including phenoxy) is 4. The topological polar surface area (TPSA) is 104 Å². The van der Waals surface area contributed by atoms with Crippen molar-refractivity contribution in [2.24, 2.45) is 4.99 Å². The molecule has 1 heterocycles. The van der Waals surface area contributed by atoms with Crippen molar-refractivity contribution in [1.29, 1.82) is 0 Å². The molecule has 9 nitrogen and oxygen atoms in total. The minimum atomic E-state index is -0.523. The van der Waals surface area contributed by atoms with E-state index < -0.39 is 11.9 Å². The number of esters is 2. The first-order valence-corrected chi connectivity index (χ1v) is 12.0. The number of halogens is 1. The van der Waals surface area contributed by atoms with E-state index in [0.29, 0.717) is 49.5 Å². The number of carbonyl (C=O) groups is 3. The van der Waals surface area contributed by atoms with E-state index in [1.807, 2.05) is 6.92 Å². The number of hydrogen-bond acceptors (Lipinski definition) is 9. The number of likely N-dealkylation sites (N-methyl/N-ethyl adjacent to an activating group) is 1. The van der Waals surface area contributed by atoms with Crippen molar-refractivity contribution in [2.75, 3.05) is 34.5 Å². The number of benzene rings is 2. The van der Waals surface area contributed by atoms with Crippen LogP contribution < -0.4 is 9.47 Å². The van der Waals surface area contributed by atoms with Gasteiger partial charge in [0.2, 0.25) is 0 Å². The third-order valence-electron chi connectivity index (χ3n) is 4.69. The quantitative estimate of drug-likeness (QED) is 0.344. The van der Waals surface area contributed by atoms with E-state index in [1.54, 1.807) is 49.5 Å². The first kappa shape index (κ1) is 26.3. The van der Waals surface area contributed by atoms with Crippen LogP contribution in [0.25, 0.3) is 6.08 Å². The Labute approximate surface area is 215 Å². The van der Waals surface area contributed by atoms with Crippen LogP contribution in [0.5, 0.6) is 11.5 Å². The van der Waals surface area contributed by atoms with Crippen molar-refractivity contribution in [1.82, 2.24) is 4.90 Å². The largest absolute Gasteiger partial charge is 0.490 e. The van der Waals surface area contributed by atoms with Gasteiger partial charge in [0.15, 0.2) is 23.3 Å². The molecule has 0 atom stereocenters. The van der Waals surface area contributed by atoms with Gasteiger partial charge in [0, 0.05) is 7.05 Å². The highest BCUT2D eigenvalue weighted by Gasteiger charge is 2.30. The molecule has 0 bridgehead atoms. The summed E-state index contributed by atoms with van der Waals surface area (Å²) in [5, 5.41) is 0.463. The number of methoxy groups -OCH3 is 2. The van der Waals surface area contributed by atoms with Crippen molar-refractivity contribution in [2.45, 2.75) is 6.92 Å². The molecule has 0 spiro atoms. The molecule has 1 amide bonds. The molecule has 0 unspecified atom stereocenters. The molecular formula is C24H23BrN2O7S. The van der Waals surface area contributed by atoms with Crippen LogP contribution in [0, 0.1) is 0 Å². The lowest BCUT2D eigenvalue weighted by Crippen LogP contribution is -2.23.